The lowest BCUT2D eigenvalue weighted by Crippen LogP contribution is -2.46. The van der Waals surface area contributed by atoms with Gasteiger partial charge in [-0.05, 0) is 32.6 Å². The van der Waals surface area contributed by atoms with Crippen molar-refractivity contribution >= 4 is 11.9 Å². The van der Waals surface area contributed by atoms with Crippen molar-refractivity contribution < 1.29 is 14.3 Å². The summed E-state index contributed by atoms with van der Waals surface area (Å²) in [7, 11) is 0. The molecule has 1 saturated carbocycles. The molecule has 1 N–H and O–H groups in total. The highest BCUT2D eigenvalue weighted by molar-refractivity contribution is 5.80. The highest BCUT2D eigenvalue weighted by atomic mass is 16.5. The number of carbonyl (C=O) groups is 2. The minimum Gasteiger partial charge on any atom is -0.466 e. The van der Waals surface area contributed by atoms with Crippen molar-refractivity contribution in [2.24, 2.45) is 5.92 Å². The van der Waals surface area contributed by atoms with Crippen LogP contribution in [0.1, 0.15) is 32.6 Å². The van der Waals surface area contributed by atoms with Crippen molar-refractivity contribution in [3.8, 4) is 0 Å². The van der Waals surface area contributed by atoms with E-state index >= 15 is 0 Å². The molecule has 0 aromatic heterocycles. The van der Waals surface area contributed by atoms with Crippen LogP contribution in [0.3, 0.4) is 0 Å². The molecule has 0 aromatic rings. The van der Waals surface area contributed by atoms with Crippen LogP contribution >= 0.6 is 0 Å². The van der Waals surface area contributed by atoms with Gasteiger partial charge in [-0.2, -0.15) is 0 Å². The molecule has 1 atom stereocenters. The Morgan fingerprint density at radius 1 is 1.33 bits per heavy atom. The summed E-state index contributed by atoms with van der Waals surface area (Å²) in [4.78, 5) is 25.4. The number of nitrogens with zero attached hydrogens (tertiary/aromatic N) is 1. The van der Waals surface area contributed by atoms with Gasteiger partial charge in [0.15, 0.2) is 0 Å². The molecular weight excluding hydrogens is 232 g/mol. The topological polar surface area (TPSA) is 58.6 Å². The number of nitrogens with one attached hydrogen (secondary N) is 1. The average Bonchev–Trinajstić information content (AvgIpc) is 3.20. The predicted octanol–water partition coefficient (Wildman–Crippen LogP) is 0.540. The van der Waals surface area contributed by atoms with E-state index in [1.807, 2.05) is 6.92 Å². The van der Waals surface area contributed by atoms with Crippen LogP contribution in [-0.2, 0) is 14.3 Å². The van der Waals surface area contributed by atoms with Gasteiger partial charge in [-0.25, -0.2) is 0 Å². The first kappa shape index (κ1) is 13.3. The first-order valence-corrected chi connectivity index (χ1v) is 6.88. The largest absolute Gasteiger partial charge is 0.466 e. The number of rotatable bonds is 5. The Hall–Kier alpha value is -1.10. The molecular formula is C13H22N2O3. The second-order valence-electron chi connectivity index (χ2n) is 5.09. The lowest BCUT2D eigenvalue weighted by molar-refractivity contribution is -0.151. The van der Waals surface area contributed by atoms with Gasteiger partial charge in [0.2, 0.25) is 5.91 Å². The van der Waals surface area contributed by atoms with E-state index in [0.29, 0.717) is 25.7 Å². The van der Waals surface area contributed by atoms with Gasteiger partial charge in [-0.3, -0.25) is 9.59 Å². The number of likely N-dealkylation sites (tertiary alicyclic amines) is 1. The van der Waals surface area contributed by atoms with Gasteiger partial charge in [-0.1, -0.05) is 0 Å². The van der Waals surface area contributed by atoms with Crippen molar-refractivity contribution in [1.29, 1.82) is 0 Å². The summed E-state index contributed by atoms with van der Waals surface area (Å²) in [6, 6.07) is 0.541. The third kappa shape index (κ3) is 3.70. The highest BCUT2D eigenvalue weighted by Crippen LogP contribution is 2.20. The number of piperidine rings is 1. The smallest absolute Gasteiger partial charge is 0.310 e. The van der Waals surface area contributed by atoms with Crippen LogP contribution in [0.15, 0.2) is 0 Å². The fraction of sp³-hybridized carbons (Fsp3) is 0.846. The molecule has 5 heteroatoms. The standard InChI is InChI=1S/C13H22N2O3/c1-2-18-13(17)10-4-3-7-15(9-10)12(16)8-14-11-5-6-11/h10-11,14H,2-9H2,1H3. The highest BCUT2D eigenvalue weighted by Gasteiger charge is 2.30. The van der Waals surface area contributed by atoms with Gasteiger partial charge in [0.25, 0.3) is 0 Å². The normalized spacial score (nSPS) is 23.8. The molecule has 2 fully saturated rings. The van der Waals surface area contributed by atoms with Crippen molar-refractivity contribution in [2.75, 3.05) is 26.2 Å². The molecule has 0 bridgehead atoms. The summed E-state index contributed by atoms with van der Waals surface area (Å²) in [5, 5.41) is 3.22. The van der Waals surface area contributed by atoms with Crippen LogP contribution < -0.4 is 5.32 Å². The van der Waals surface area contributed by atoms with E-state index in [9.17, 15) is 9.59 Å². The molecule has 2 aliphatic rings. The van der Waals surface area contributed by atoms with Gasteiger partial charge in [0, 0.05) is 19.1 Å². The maximum atomic E-state index is 12.0. The Kier molecular flexibility index (Phi) is 4.58. The van der Waals surface area contributed by atoms with Gasteiger partial charge in [0.1, 0.15) is 0 Å². The number of amides is 1. The maximum Gasteiger partial charge on any atom is 0.310 e. The van der Waals surface area contributed by atoms with Crippen LogP contribution in [-0.4, -0.2) is 49.1 Å². The van der Waals surface area contributed by atoms with Gasteiger partial charge in [-0.15, -0.1) is 0 Å². The van der Waals surface area contributed by atoms with E-state index in [-0.39, 0.29) is 17.8 Å². The third-order valence-corrected chi connectivity index (χ3v) is 3.51. The summed E-state index contributed by atoms with van der Waals surface area (Å²) in [5.41, 5.74) is 0. The minimum atomic E-state index is -0.162. The third-order valence-electron chi connectivity index (χ3n) is 3.51. The lowest BCUT2D eigenvalue weighted by Gasteiger charge is -2.31. The Bertz CT molecular complexity index is 315. The van der Waals surface area contributed by atoms with Gasteiger partial charge in [0.05, 0.1) is 19.1 Å². The fourth-order valence-electron chi connectivity index (χ4n) is 2.29. The molecule has 1 unspecified atom stereocenters. The minimum absolute atomic E-state index is 0.107. The summed E-state index contributed by atoms with van der Waals surface area (Å²) >= 11 is 0. The molecule has 2 rings (SSSR count). The van der Waals surface area contributed by atoms with Crippen LogP contribution in [0.5, 0.6) is 0 Å². The zero-order chi connectivity index (χ0) is 13.0. The SMILES string of the molecule is CCOC(=O)C1CCCN(C(=O)CNC2CC2)C1. The Balaban J connectivity index is 1.77. The van der Waals surface area contributed by atoms with Crippen LogP contribution in [0.2, 0.25) is 0 Å². The number of carbonyl (C=O) groups excluding carboxylic acids is 2. The predicted molar refractivity (Wildman–Crippen MR) is 67.0 cm³/mol. The Morgan fingerprint density at radius 2 is 2.11 bits per heavy atom. The molecule has 1 amide bonds. The van der Waals surface area contributed by atoms with Gasteiger partial charge >= 0.3 is 5.97 Å². The zero-order valence-corrected chi connectivity index (χ0v) is 11.0. The number of esters is 1. The number of hydrogen-bond donors (Lipinski definition) is 1. The molecule has 1 saturated heterocycles. The van der Waals surface area contributed by atoms with E-state index in [2.05, 4.69) is 5.32 Å². The van der Waals surface area contributed by atoms with Crippen molar-refractivity contribution in [2.45, 2.75) is 38.6 Å². The number of hydrogen-bond acceptors (Lipinski definition) is 4. The van der Waals surface area contributed by atoms with E-state index in [1.165, 1.54) is 12.8 Å². The second kappa shape index (κ2) is 6.18. The van der Waals surface area contributed by atoms with Crippen molar-refractivity contribution in [1.82, 2.24) is 10.2 Å². The molecule has 0 radical (unpaired) electrons. The molecule has 1 aliphatic heterocycles. The van der Waals surface area contributed by atoms with E-state index in [0.717, 1.165) is 19.4 Å². The Morgan fingerprint density at radius 3 is 2.78 bits per heavy atom. The van der Waals surface area contributed by atoms with E-state index in [1.54, 1.807) is 4.90 Å². The molecule has 1 aliphatic carbocycles. The summed E-state index contributed by atoms with van der Waals surface area (Å²) in [6.07, 6.45) is 4.08. The molecule has 0 spiro atoms. The zero-order valence-electron chi connectivity index (χ0n) is 11.0. The van der Waals surface area contributed by atoms with Crippen LogP contribution in [0.25, 0.3) is 0 Å². The molecule has 18 heavy (non-hydrogen) atoms. The number of ether oxygens (including phenoxy) is 1. The summed E-state index contributed by atoms with van der Waals surface area (Å²) in [5.74, 6) is -0.190. The lowest BCUT2D eigenvalue weighted by atomic mass is 9.98. The monoisotopic (exact) mass is 254 g/mol. The Labute approximate surface area is 108 Å². The fourth-order valence-corrected chi connectivity index (χ4v) is 2.29. The second-order valence-corrected chi connectivity index (χ2v) is 5.09. The molecule has 5 nitrogen and oxygen atoms in total. The van der Waals surface area contributed by atoms with Crippen LogP contribution in [0, 0.1) is 5.92 Å². The summed E-state index contributed by atoms with van der Waals surface area (Å²) in [6.45, 7) is 3.90. The van der Waals surface area contributed by atoms with Gasteiger partial charge < -0.3 is 15.0 Å². The quantitative estimate of drug-likeness (QED) is 0.728. The molecule has 1 heterocycles. The first-order chi connectivity index (χ1) is 8.70. The van der Waals surface area contributed by atoms with Crippen LogP contribution in [0.4, 0.5) is 0 Å². The van der Waals surface area contributed by atoms with E-state index < -0.39 is 0 Å². The van der Waals surface area contributed by atoms with E-state index in [4.69, 9.17) is 4.74 Å². The maximum absolute atomic E-state index is 12.0. The summed E-state index contributed by atoms with van der Waals surface area (Å²) < 4.78 is 5.03. The molecule has 102 valence electrons. The average molecular weight is 254 g/mol. The van der Waals surface area contributed by atoms with Crippen molar-refractivity contribution in [3.05, 3.63) is 0 Å². The van der Waals surface area contributed by atoms with Crippen molar-refractivity contribution in [3.63, 3.8) is 0 Å². The first-order valence-electron chi connectivity index (χ1n) is 6.88. The molecule has 0 aromatic carbocycles.